The highest BCUT2D eigenvalue weighted by Gasteiger charge is 2.13. The number of aryl methyl sites for hydroxylation is 1. The standard InChI is InChI=1S/C19H23NO2/c1-4-18(16-9-5-14(2)6-10-16)20-19(21)13-15-7-11-17(22-3)12-8-15/h5-12,18H,4,13H2,1-3H3,(H,20,21)/t18-/m0/s1. The summed E-state index contributed by atoms with van der Waals surface area (Å²) < 4.78 is 5.12. The van der Waals surface area contributed by atoms with E-state index < -0.39 is 0 Å². The summed E-state index contributed by atoms with van der Waals surface area (Å²) >= 11 is 0. The van der Waals surface area contributed by atoms with Gasteiger partial charge in [0.15, 0.2) is 0 Å². The maximum absolute atomic E-state index is 12.2. The zero-order valence-electron chi connectivity index (χ0n) is 13.4. The summed E-state index contributed by atoms with van der Waals surface area (Å²) in [5.41, 5.74) is 3.36. The summed E-state index contributed by atoms with van der Waals surface area (Å²) in [7, 11) is 1.63. The molecule has 0 aliphatic heterocycles. The second-order valence-corrected chi connectivity index (χ2v) is 5.46. The van der Waals surface area contributed by atoms with E-state index in [4.69, 9.17) is 4.74 Å². The highest BCUT2D eigenvalue weighted by Crippen LogP contribution is 2.18. The van der Waals surface area contributed by atoms with Gasteiger partial charge >= 0.3 is 0 Å². The van der Waals surface area contributed by atoms with Crippen molar-refractivity contribution in [2.24, 2.45) is 0 Å². The molecule has 3 nitrogen and oxygen atoms in total. The van der Waals surface area contributed by atoms with Crippen molar-refractivity contribution in [1.82, 2.24) is 5.32 Å². The summed E-state index contributed by atoms with van der Waals surface area (Å²) in [5, 5.41) is 3.11. The van der Waals surface area contributed by atoms with Crippen LogP contribution in [-0.2, 0) is 11.2 Å². The molecule has 2 rings (SSSR count). The van der Waals surface area contributed by atoms with Crippen LogP contribution in [0.3, 0.4) is 0 Å². The fraction of sp³-hybridized carbons (Fsp3) is 0.316. The molecule has 1 atom stereocenters. The van der Waals surface area contributed by atoms with Gasteiger partial charge in [-0.25, -0.2) is 0 Å². The molecule has 0 fully saturated rings. The number of carbonyl (C=O) groups excluding carboxylic acids is 1. The molecule has 0 unspecified atom stereocenters. The number of rotatable bonds is 6. The lowest BCUT2D eigenvalue weighted by Gasteiger charge is -2.18. The normalized spacial score (nSPS) is 11.8. The quantitative estimate of drug-likeness (QED) is 0.880. The Hall–Kier alpha value is -2.29. The van der Waals surface area contributed by atoms with Crippen LogP contribution in [0.25, 0.3) is 0 Å². The van der Waals surface area contributed by atoms with Crippen LogP contribution in [0, 0.1) is 6.92 Å². The van der Waals surface area contributed by atoms with Crippen molar-refractivity contribution in [3.8, 4) is 5.75 Å². The monoisotopic (exact) mass is 297 g/mol. The number of ether oxygens (including phenoxy) is 1. The molecule has 116 valence electrons. The van der Waals surface area contributed by atoms with Gasteiger partial charge < -0.3 is 10.1 Å². The molecule has 3 heteroatoms. The lowest BCUT2D eigenvalue weighted by Crippen LogP contribution is -2.29. The fourth-order valence-corrected chi connectivity index (χ4v) is 2.39. The molecule has 0 aliphatic carbocycles. The first-order chi connectivity index (χ1) is 10.6. The first-order valence-electron chi connectivity index (χ1n) is 7.61. The predicted octanol–water partition coefficient (Wildman–Crippen LogP) is 3.81. The summed E-state index contributed by atoms with van der Waals surface area (Å²) in [6.45, 7) is 4.14. The van der Waals surface area contributed by atoms with Crippen LogP contribution in [0.15, 0.2) is 48.5 Å². The second kappa shape index (κ2) is 7.64. The minimum Gasteiger partial charge on any atom is -0.497 e. The van der Waals surface area contributed by atoms with E-state index >= 15 is 0 Å². The zero-order chi connectivity index (χ0) is 15.9. The topological polar surface area (TPSA) is 38.3 Å². The second-order valence-electron chi connectivity index (χ2n) is 5.46. The van der Waals surface area contributed by atoms with Crippen molar-refractivity contribution >= 4 is 5.91 Å². The van der Waals surface area contributed by atoms with Crippen LogP contribution in [0.2, 0.25) is 0 Å². The van der Waals surface area contributed by atoms with Crippen LogP contribution >= 0.6 is 0 Å². The Bertz CT molecular complexity index is 602. The first-order valence-corrected chi connectivity index (χ1v) is 7.61. The summed E-state index contributed by atoms with van der Waals surface area (Å²) in [6.07, 6.45) is 1.25. The molecule has 2 aromatic rings. The van der Waals surface area contributed by atoms with Crippen molar-refractivity contribution in [2.45, 2.75) is 32.7 Å². The molecule has 1 amide bonds. The Labute approximate surface area is 132 Å². The van der Waals surface area contributed by atoms with Gasteiger partial charge in [0.25, 0.3) is 0 Å². The maximum atomic E-state index is 12.2. The van der Waals surface area contributed by atoms with Gasteiger partial charge in [0.2, 0.25) is 5.91 Å². The number of carbonyl (C=O) groups is 1. The van der Waals surface area contributed by atoms with Crippen molar-refractivity contribution in [3.63, 3.8) is 0 Å². The van der Waals surface area contributed by atoms with Gasteiger partial charge in [0, 0.05) is 0 Å². The summed E-state index contributed by atoms with van der Waals surface area (Å²) in [5.74, 6) is 0.841. The summed E-state index contributed by atoms with van der Waals surface area (Å²) in [4.78, 5) is 12.2. The van der Waals surface area contributed by atoms with E-state index in [1.807, 2.05) is 24.3 Å². The van der Waals surface area contributed by atoms with Gasteiger partial charge in [-0.05, 0) is 36.6 Å². The molecule has 0 saturated carbocycles. The van der Waals surface area contributed by atoms with Gasteiger partial charge in [-0.1, -0.05) is 48.9 Å². The number of methoxy groups -OCH3 is 1. The Morgan fingerprint density at radius 3 is 2.27 bits per heavy atom. The van der Waals surface area contributed by atoms with Crippen LogP contribution in [-0.4, -0.2) is 13.0 Å². The first kappa shape index (κ1) is 16.1. The third-order valence-corrected chi connectivity index (χ3v) is 3.75. The molecule has 0 aromatic heterocycles. The molecule has 0 saturated heterocycles. The van der Waals surface area contributed by atoms with Gasteiger partial charge in [-0.15, -0.1) is 0 Å². The molecule has 0 heterocycles. The number of benzene rings is 2. The van der Waals surface area contributed by atoms with Crippen LogP contribution < -0.4 is 10.1 Å². The Morgan fingerprint density at radius 2 is 1.73 bits per heavy atom. The minimum absolute atomic E-state index is 0.0394. The van der Waals surface area contributed by atoms with Crippen LogP contribution in [0.4, 0.5) is 0 Å². The smallest absolute Gasteiger partial charge is 0.224 e. The Morgan fingerprint density at radius 1 is 1.09 bits per heavy atom. The predicted molar refractivity (Wildman–Crippen MR) is 89.1 cm³/mol. The van der Waals surface area contributed by atoms with Crippen molar-refractivity contribution in [2.75, 3.05) is 7.11 Å². The van der Waals surface area contributed by atoms with Gasteiger partial charge in [0.1, 0.15) is 5.75 Å². The van der Waals surface area contributed by atoms with E-state index in [9.17, 15) is 4.79 Å². The summed E-state index contributed by atoms with van der Waals surface area (Å²) in [6, 6.07) is 16.0. The van der Waals surface area contributed by atoms with E-state index in [0.717, 1.165) is 23.3 Å². The molecular weight excluding hydrogens is 274 g/mol. The van der Waals surface area contributed by atoms with Gasteiger partial charge in [-0.2, -0.15) is 0 Å². The zero-order valence-corrected chi connectivity index (χ0v) is 13.4. The maximum Gasteiger partial charge on any atom is 0.224 e. The average molecular weight is 297 g/mol. The SMILES string of the molecule is CC[C@H](NC(=O)Cc1ccc(OC)cc1)c1ccc(C)cc1. The van der Waals surface area contributed by atoms with Gasteiger partial charge in [0.05, 0.1) is 19.6 Å². The number of amides is 1. The van der Waals surface area contributed by atoms with E-state index in [2.05, 4.69) is 43.4 Å². The molecule has 0 radical (unpaired) electrons. The largest absolute Gasteiger partial charge is 0.497 e. The number of hydrogen-bond acceptors (Lipinski definition) is 2. The van der Waals surface area contributed by atoms with E-state index in [1.54, 1.807) is 7.11 Å². The lowest BCUT2D eigenvalue weighted by atomic mass is 10.0. The van der Waals surface area contributed by atoms with E-state index in [1.165, 1.54) is 5.56 Å². The molecule has 0 spiro atoms. The molecule has 0 bridgehead atoms. The van der Waals surface area contributed by atoms with Crippen molar-refractivity contribution in [3.05, 3.63) is 65.2 Å². The highest BCUT2D eigenvalue weighted by atomic mass is 16.5. The third-order valence-electron chi connectivity index (χ3n) is 3.75. The van der Waals surface area contributed by atoms with Crippen molar-refractivity contribution in [1.29, 1.82) is 0 Å². The number of hydrogen-bond donors (Lipinski definition) is 1. The lowest BCUT2D eigenvalue weighted by molar-refractivity contribution is -0.121. The van der Waals surface area contributed by atoms with Crippen LogP contribution in [0.1, 0.15) is 36.1 Å². The highest BCUT2D eigenvalue weighted by molar-refractivity contribution is 5.79. The molecular formula is C19H23NO2. The Balaban J connectivity index is 1.98. The van der Waals surface area contributed by atoms with E-state index in [-0.39, 0.29) is 11.9 Å². The Kier molecular flexibility index (Phi) is 5.59. The minimum atomic E-state index is 0.0394. The van der Waals surface area contributed by atoms with Gasteiger partial charge in [-0.3, -0.25) is 4.79 Å². The third kappa shape index (κ3) is 4.35. The van der Waals surface area contributed by atoms with E-state index in [0.29, 0.717) is 6.42 Å². The average Bonchev–Trinajstić information content (AvgIpc) is 2.54. The molecule has 1 N–H and O–H groups in total. The number of nitrogens with one attached hydrogen (secondary N) is 1. The molecule has 22 heavy (non-hydrogen) atoms. The van der Waals surface area contributed by atoms with Crippen molar-refractivity contribution < 1.29 is 9.53 Å². The fourth-order valence-electron chi connectivity index (χ4n) is 2.39. The molecule has 0 aliphatic rings. The molecule has 2 aromatic carbocycles. The van der Waals surface area contributed by atoms with Crippen LogP contribution in [0.5, 0.6) is 5.75 Å².